The van der Waals surface area contributed by atoms with Crippen LogP contribution in [-0.4, -0.2) is 5.78 Å². The Kier molecular flexibility index (Phi) is 2.34. The van der Waals surface area contributed by atoms with E-state index in [1.807, 2.05) is 0 Å². The van der Waals surface area contributed by atoms with Crippen molar-refractivity contribution in [2.24, 2.45) is 5.92 Å². The van der Waals surface area contributed by atoms with Crippen LogP contribution < -0.4 is 0 Å². The molecule has 2 atom stereocenters. The molecule has 0 radical (unpaired) electrons. The molecule has 1 heteroatoms. The van der Waals surface area contributed by atoms with Gasteiger partial charge in [0.25, 0.3) is 0 Å². The fourth-order valence-corrected chi connectivity index (χ4v) is 3.64. The van der Waals surface area contributed by atoms with Gasteiger partial charge in [-0.2, -0.15) is 0 Å². The third-order valence-electron chi connectivity index (χ3n) is 4.63. The number of rotatable bonds is 0. The highest BCUT2D eigenvalue weighted by atomic mass is 16.1. The molecular weight excluding hydrogens is 232 g/mol. The van der Waals surface area contributed by atoms with E-state index in [1.165, 1.54) is 21.9 Å². The molecule has 2 aromatic carbocycles. The smallest absolute Gasteiger partial charge is 0.133 e. The molecule has 2 aromatic rings. The summed E-state index contributed by atoms with van der Waals surface area (Å²) in [7, 11) is 0. The first kappa shape index (κ1) is 11.0. The fraction of sp³-hybridized carbons (Fsp3) is 0.278. The van der Waals surface area contributed by atoms with Gasteiger partial charge in [-0.15, -0.1) is 0 Å². The Labute approximate surface area is 112 Å². The SMILES string of the molecule is O=C1CCC2C=Cc3c(ccc4ccccc34)[C@@H]2C1. The molecule has 4 rings (SSSR count). The number of allylic oxidation sites excluding steroid dienone is 1. The summed E-state index contributed by atoms with van der Waals surface area (Å²) in [5, 5.41) is 2.60. The van der Waals surface area contributed by atoms with E-state index in [2.05, 4.69) is 48.6 Å². The zero-order chi connectivity index (χ0) is 12.8. The lowest BCUT2D eigenvalue weighted by molar-refractivity contribution is -0.121. The van der Waals surface area contributed by atoms with Crippen LogP contribution in [0.15, 0.2) is 42.5 Å². The lowest BCUT2D eigenvalue weighted by atomic mass is 9.70. The van der Waals surface area contributed by atoms with Gasteiger partial charge in [-0.3, -0.25) is 4.79 Å². The van der Waals surface area contributed by atoms with Gasteiger partial charge in [0.1, 0.15) is 5.78 Å². The van der Waals surface area contributed by atoms with Gasteiger partial charge in [0.05, 0.1) is 0 Å². The average molecular weight is 248 g/mol. The van der Waals surface area contributed by atoms with Crippen molar-refractivity contribution < 1.29 is 4.79 Å². The van der Waals surface area contributed by atoms with Gasteiger partial charge in [-0.05, 0) is 40.2 Å². The molecule has 1 fully saturated rings. The van der Waals surface area contributed by atoms with Gasteiger partial charge in [0, 0.05) is 12.8 Å². The maximum absolute atomic E-state index is 11.8. The number of carbonyl (C=O) groups is 1. The second kappa shape index (κ2) is 4.06. The van der Waals surface area contributed by atoms with Crippen LogP contribution in [0.4, 0.5) is 0 Å². The third kappa shape index (κ3) is 1.65. The van der Waals surface area contributed by atoms with Gasteiger partial charge in [0.2, 0.25) is 0 Å². The normalized spacial score (nSPS) is 25.2. The number of Topliss-reactive ketones (excluding diaryl/α,β-unsaturated/α-hetero) is 1. The zero-order valence-corrected chi connectivity index (χ0v) is 10.8. The first-order chi connectivity index (χ1) is 9.33. The minimum atomic E-state index is 0.408. The summed E-state index contributed by atoms with van der Waals surface area (Å²) >= 11 is 0. The Hall–Kier alpha value is -1.89. The molecule has 0 saturated heterocycles. The number of ketones is 1. The number of benzene rings is 2. The van der Waals surface area contributed by atoms with Crippen LogP contribution in [-0.2, 0) is 4.79 Å². The topological polar surface area (TPSA) is 17.1 Å². The summed E-state index contributed by atoms with van der Waals surface area (Å²) in [6, 6.07) is 12.9. The quantitative estimate of drug-likeness (QED) is 0.678. The van der Waals surface area contributed by atoms with E-state index >= 15 is 0 Å². The molecule has 0 aliphatic heterocycles. The molecule has 0 aromatic heterocycles. The highest BCUT2D eigenvalue weighted by Crippen LogP contribution is 2.44. The number of carbonyl (C=O) groups excluding carboxylic acids is 1. The van der Waals surface area contributed by atoms with Crippen molar-refractivity contribution >= 4 is 22.6 Å². The van der Waals surface area contributed by atoms with E-state index < -0.39 is 0 Å². The summed E-state index contributed by atoms with van der Waals surface area (Å²) in [4.78, 5) is 11.8. The van der Waals surface area contributed by atoms with E-state index in [9.17, 15) is 4.79 Å². The largest absolute Gasteiger partial charge is 0.300 e. The Morgan fingerprint density at radius 1 is 1.05 bits per heavy atom. The van der Waals surface area contributed by atoms with Crippen molar-refractivity contribution in [2.75, 3.05) is 0 Å². The van der Waals surface area contributed by atoms with Gasteiger partial charge in [0.15, 0.2) is 0 Å². The molecule has 1 saturated carbocycles. The van der Waals surface area contributed by atoms with Gasteiger partial charge in [-0.25, -0.2) is 0 Å². The van der Waals surface area contributed by atoms with Crippen LogP contribution in [0.1, 0.15) is 36.3 Å². The summed E-state index contributed by atoms with van der Waals surface area (Å²) < 4.78 is 0. The molecule has 2 aliphatic carbocycles. The number of hydrogen-bond donors (Lipinski definition) is 0. The minimum Gasteiger partial charge on any atom is -0.300 e. The molecule has 94 valence electrons. The van der Waals surface area contributed by atoms with E-state index in [1.54, 1.807) is 0 Å². The predicted octanol–water partition coefficient (Wildman–Crippen LogP) is 4.32. The van der Waals surface area contributed by atoms with Crippen LogP contribution in [0.25, 0.3) is 16.8 Å². The van der Waals surface area contributed by atoms with Crippen LogP contribution in [0.3, 0.4) is 0 Å². The van der Waals surface area contributed by atoms with Crippen LogP contribution >= 0.6 is 0 Å². The second-order valence-corrected chi connectivity index (χ2v) is 5.70. The highest BCUT2D eigenvalue weighted by molar-refractivity contribution is 5.93. The molecule has 0 amide bonds. The highest BCUT2D eigenvalue weighted by Gasteiger charge is 2.32. The lowest BCUT2D eigenvalue weighted by Crippen LogP contribution is -2.24. The van der Waals surface area contributed by atoms with Crippen molar-refractivity contribution in [1.29, 1.82) is 0 Å². The molecule has 1 nitrogen and oxygen atoms in total. The van der Waals surface area contributed by atoms with Crippen LogP contribution in [0.5, 0.6) is 0 Å². The average Bonchev–Trinajstić information content (AvgIpc) is 2.46. The molecule has 0 N–H and O–H groups in total. The Bertz CT molecular complexity index is 696. The molecule has 0 spiro atoms. The molecule has 2 aliphatic rings. The van der Waals surface area contributed by atoms with Gasteiger partial charge >= 0.3 is 0 Å². The third-order valence-corrected chi connectivity index (χ3v) is 4.63. The first-order valence-electron chi connectivity index (χ1n) is 7.04. The summed E-state index contributed by atoms with van der Waals surface area (Å²) in [6.45, 7) is 0. The first-order valence-corrected chi connectivity index (χ1v) is 7.04. The van der Waals surface area contributed by atoms with Gasteiger partial charge in [-0.1, -0.05) is 48.6 Å². The summed E-state index contributed by atoms with van der Waals surface area (Å²) in [5.41, 5.74) is 2.70. The maximum Gasteiger partial charge on any atom is 0.133 e. The molecule has 1 unspecified atom stereocenters. The molecular formula is C18H16O. The lowest BCUT2D eigenvalue weighted by Gasteiger charge is -2.33. The van der Waals surface area contributed by atoms with E-state index in [0.29, 0.717) is 17.6 Å². The van der Waals surface area contributed by atoms with E-state index in [0.717, 1.165) is 19.3 Å². The van der Waals surface area contributed by atoms with Crippen molar-refractivity contribution in [3.63, 3.8) is 0 Å². The molecule has 0 bridgehead atoms. The number of fused-ring (bicyclic) bond motifs is 5. The Balaban J connectivity index is 1.93. The van der Waals surface area contributed by atoms with Crippen molar-refractivity contribution in [1.82, 2.24) is 0 Å². The number of hydrogen-bond acceptors (Lipinski definition) is 1. The zero-order valence-electron chi connectivity index (χ0n) is 10.8. The summed E-state index contributed by atoms with van der Waals surface area (Å²) in [6.07, 6.45) is 7.10. The summed E-state index contributed by atoms with van der Waals surface area (Å²) in [5.74, 6) is 1.40. The second-order valence-electron chi connectivity index (χ2n) is 5.70. The van der Waals surface area contributed by atoms with E-state index in [-0.39, 0.29) is 0 Å². The van der Waals surface area contributed by atoms with E-state index in [4.69, 9.17) is 0 Å². The van der Waals surface area contributed by atoms with Crippen LogP contribution in [0, 0.1) is 5.92 Å². The van der Waals surface area contributed by atoms with Crippen molar-refractivity contribution in [3.05, 3.63) is 53.6 Å². The minimum absolute atomic E-state index is 0.408. The predicted molar refractivity (Wildman–Crippen MR) is 78.1 cm³/mol. The molecule has 19 heavy (non-hydrogen) atoms. The molecule has 0 heterocycles. The monoisotopic (exact) mass is 248 g/mol. The van der Waals surface area contributed by atoms with Gasteiger partial charge < -0.3 is 0 Å². The van der Waals surface area contributed by atoms with Crippen LogP contribution in [0.2, 0.25) is 0 Å². The standard InChI is InChI=1S/C18H16O/c19-14-8-5-13-7-9-16-15-4-2-1-3-12(15)6-10-17(16)18(13)11-14/h1-4,6-7,9-10,13,18H,5,8,11H2/t13?,18-/m1/s1. The maximum atomic E-state index is 11.8. The Morgan fingerprint density at radius 2 is 1.95 bits per heavy atom. The van der Waals surface area contributed by atoms with Crippen molar-refractivity contribution in [3.8, 4) is 0 Å². The fourth-order valence-electron chi connectivity index (χ4n) is 3.64. The van der Waals surface area contributed by atoms with Crippen molar-refractivity contribution in [2.45, 2.75) is 25.2 Å². The Morgan fingerprint density at radius 3 is 2.89 bits per heavy atom.